The average molecular weight is 257 g/mol. The molecule has 3 heteroatoms. The SMILES string of the molecule is N#Cc1cccc(C(O)C2CCOC3(CCC3)C2)c1. The van der Waals surface area contributed by atoms with E-state index in [4.69, 9.17) is 10.00 Å². The molecule has 2 unspecified atom stereocenters. The summed E-state index contributed by atoms with van der Waals surface area (Å²) in [7, 11) is 0. The maximum Gasteiger partial charge on any atom is 0.0991 e. The summed E-state index contributed by atoms with van der Waals surface area (Å²) in [6, 6.07) is 9.45. The summed E-state index contributed by atoms with van der Waals surface area (Å²) in [5.74, 6) is 0.253. The number of hydrogen-bond donors (Lipinski definition) is 1. The minimum Gasteiger partial charge on any atom is -0.388 e. The molecule has 1 saturated carbocycles. The molecule has 1 N–H and O–H groups in total. The van der Waals surface area contributed by atoms with Crippen LogP contribution in [0.5, 0.6) is 0 Å². The summed E-state index contributed by atoms with van der Waals surface area (Å²) in [6.07, 6.45) is 4.88. The zero-order valence-electron chi connectivity index (χ0n) is 11.0. The van der Waals surface area contributed by atoms with E-state index in [0.29, 0.717) is 5.56 Å². The lowest BCUT2D eigenvalue weighted by Gasteiger charge is -2.48. The van der Waals surface area contributed by atoms with Gasteiger partial charge in [0.2, 0.25) is 0 Å². The quantitative estimate of drug-likeness (QED) is 0.886. The summed E-state index contributed by atoms with van der Waals surface area (Å²) in [4.78, 5) is 0. The molecule has 1 aliphatic heterocycles. The van der Waals surface area contributed by atoms with Gasteiger partial charge in [-0.2, -0.15) is 5.26 Å². The van der Waals surface area contributed by atoms with Crippen molar-refractivity contribution in [2.75, 3.05) is 6.61 Å². The average Bonchev–Trinajstić information content (AvgIpc) is 2.45. The van der Waals surface area contributed by atoms with E-state index in [1.807, 2.05) is 12.1 Å². The normalized spacial score (nSPS) is 26.4. The Morgan fingerprint density at radius 2 is 2.26 bits per heavy atom. The van der Waals surface area contributed by atoms with Gasteiger partial charge in [0.25, 0.3) is 0 Å². The first-order chi connectivity index (χ1) is 9.22. The Hall–Kier alpha value is -1.37. The molecule has 0 bridgehead atoms. The molecular weight excluding hydrogens is 238 g/mol. The maximum absolute atomic E-state index is 10.6. The Labute approximate surface area is 113 Å². The van der Waals surface area contributed by atoms with Crippen LogP contribution in [-0.2, 0) is 4.74 Å². The monoisotopic (exact) mass is 257 g/mol. The number of rotatable bonds is 2. The number of ether oxygens (including phenoxy) is 1. The molecule has 3 rings (SSSR count). The molecule has 1 aliphatic carbocycles. The molecule has 1 aromatic carbocycles. The molecule has 2 atom stereocenters. The van der Waals surface area contributed by atoms with E-state index in [-0.39, 0.29) is 11.5 Å². The number of nitriles is 1. The summed E-state index contributed by atoms with van der Waals surface area (Å²) >= 11 is 0. The van der Waals surface area contributed by atoms with E-state index in [2.05, 4.69) is 6.07 Å². The molecule has 1 heterocycles. The lowest BCUT2D eigenvalue weighted by molar-refractivity contribution is -0.157. The van der Waals surface area contributed by atoms with E-state index in [9.17, 15) is 5.11 Å². The lowest BCUT2D eigenvalue weighted by Crippen LogP contribution is -2.46. The van der Waals surface area contributed by atoms with Crippen molar-refractivity contribution in [1.82, 2.24) is 0 Å². The van der Waals surface area contributed by atoms with Crippen molar-refractivity contribution in [2.24, 2.45) is 5.92 Å². The van der Waals surface area contributed by atoms with Crippen molar-refractivity contribution < 1.29 is 9.84 Å². The van der Waals surface area contributed by atoms with Crippen LogP contribution in [0.3, 0.4) is 0 Å². The lowest BCUT2D eigenvalue weighted by atomic mass is 9.70. The zero-order valence-corrected chi connectivity index (χ0v) is 11.0. The molecule has 1 spiro atoms. The van der Waals surface area contributed by atoms with Crippen molar-refractivity contribution in [3.8, 4) is 6.07 Å². The van der Waals surface area contributed by atoms with Crippen LogP contribution in [0.15, 0.2) is 24.3 Å². The van der Waals surface area contributed by atoms with Gasteiger partial charge >= 0.3 is 0 Å². The molecule has 0 amide bonds. The van der Waals surface area contributed by atoms with Gasteiger partial charge in [-0.05, 0) is 55.7 Å². The van der Waals surface area contributed by atoms with E-state index >= 15 is 0 Å². The summed E-state index contributed by atoms with van der Waals surface area (Å²) in [5, 5.41) is 19.5. The van der Waals surface area contributed by atoms with Crippen LogP contribution in [0.25, 0.3) is 0 Å². The third kappa shape index (κ3) is 2.39. The molecular formula is C16H19NO2. The van der Waals surface area contributed by atoms with Crippen LogP contribution < -0.4 is 0 Å². The summed E-state index contributed by atoms with van der Waals surface area (Å²) < 4.78 is 5.90. The highest BCUT2D eigenvalue weighted by atomic mass is 16.5. The zero-order chi connectivity index (χ0) is 13.3. The van der Waals surface area contributed by atoms with Crippen LogP contribution in [0.2, 0.25) is 0 Å². The van der Waals surface area contributed by atoms with E-state index in [1.165, 1.54) is 6.42 Å². The highest BCUT2D eigenvalue weighted by Crippen LogP contribution is 2.47. The predicted molar refractivity (Wildman–Crippen MR) is 71.4 cm³/mol. The Bertz CT molecular complexity index is 502. The Morgan fingerprint density at radius 3 is 2.95 bits per heavy atom. The van der Waals surface area contributed by atoms with Gasteiger partial charge in [0.1, 0.15) is 0 Å². The molecule has 2 fully saturated rings. The first kappa shape index (κ1) is 12.7. The van der Waals surface area contributed by atoms with Gasteiger partial charge in [-0.25, -0.2) is 0 Å². The Balaban J connectivity index is 1.75. The fourth-order valence-electron chi connectivity index (χ4n) is 3.32. The van der Waals surface area contributed by atoms with Crippen molar-refractivity contribution in [2.45, 2.75) is 43.8 Å². The van der Waals surface area contributed by atoms with E-state index in [0.717, 1.165) is 37.9 Å². The van der Waals surface area contributed by atoms with Crippen LogP contribution in [0.4, 0.5) is 0 Å². The Morgan fingerprint density at radius 1 is 1.42 bits per heavy atom. The topological polar surface area (TPSA) is 53.2 Å². The van der Waals surface area contributed by atoms with Crippen LogP contribution in [0.1, 0.15) is 49.3 Å². The van der Waals surface area contributed by atoms with E-state index in [1.54, 1.807) is 12.1 Å². The molecule has 1 saturated heterocycles. The minimum atomic E-state index is -0.477. The number of hydrogen-bond acceptors (Lipinski definition) is 3. The van der Waals surface area contributed by atoms with Crippen LogP contribution in [0, 0.1) is 17.2 Å². The predicted octanol–water partition coefficient (Wildman–Crippen LogP) is 2.94. The highest BCUT2D eigenvalue weighted by Gasteiger charge is 2.44. The molecule has 2 aliphatic rings. The van der Waals surface area contributed by atoms with Gasteiger partial charge in [-0.1, -0.05) is 12.1 Å². The van der Waals surface area contributed by atoms with Gasteiger partial charge < -0.3 is 9.84 Å². The van der Waals surface area contributed by atoms with Gasteiger partial charge in [0, 0.05) is 6.61 Å². The summed E-state index contributed by atoms with van der Waals surface area (Å²) in [6.45, 7) is 0.750. The second-order valence-electron chi connectivity index (χ2n) is 5.82. The Kier molecular flexibility index (Phi) is 3.30. The smallest absolute Gasteiger partial charge is 0.0991 e. The number of benzene rings is 1. The molecule has 0 radical (unpaired) electrons. The second-order valence-corrected chi connectivity index (χ2v) is 5.82. The van der Waals surface area contributed by atoms with Crippen LogP contribution in [-0.4, -0.2) is 17.3 Å². The molecule has 19 heavy (non-hydrogen) atoms. The highest BCUT2D eigenvalue weighted by molar-refractivity contribution is 5.34. The number of nitrogens with zero attached hydrogens (tertiary/aromatic N) is 1. The number of aliphatic hydroxyl groups excluding tert-OH is 1. The third-order valence-corrected chi connectivity index (χ3v) is 4.60. The van der Waals surface area contributed by atoms with Crippen molar-refractivity contribution in [1.29, 1.82) is 5.26 Å². The number of aliphatic hydroxyl groups is 1. The minimum absolute atomic E-state index is 0.0523. The van der Waals surface area contributed by atoms with Crippen LogP contribution >= 0.6 is 0 Å². The molecule has 1 aromatic rings. The molecule has 3 nitrogen and oxygen atoms in total. The largest absolute Gasteiger partial charge is 0.388 e. The van der Waals surface area contributed by atoms with E-state index < -0.39 is 6.10 Å². The van der Waals surface area contributed by atoms with Crippen molar-refractivity contribution >= 4 is 0 Å². The van der Waals surface area contributed by atoms with Gasteiger partial charge in [0.05, 0.1) is 23.3 Å². The third-order valence-electron chi connectivity index (χ3n) is 4.60. The van der Waals surface area contributed by atoms with Crippen molar-refractivity contribution in [3.63, 3.8) is 0 Å². The van der Waals surface area contributed by atoms with Crippen molar-refractivity contribution in [3.05, 3.63) is 35.4 Å². The molecule has 100 valence electrons. The van der Waals surface area contributed by atoms with Gasteiger partial charge in [-0.15, -0.1) is 0 Å². The first-order valence-corrected chi connectivity index (χ1v) is 7.05. The standard InChI is InChI=1S/C16H19NO2/c17-11-12-3-1-4-13(9-12)15(18)14-5-8-19-16(10-14)6-2-7-16/h1,3-4,9,14-15,18H,2,5-8,10H2. The maximum atomic E-state index is 10.6. The second kappa shape index (κ2) is 4.96. The fourth-order valence-corrected chi connectivity index (χ4v) is 3.32. The summed E-state index contributed by atoms with van der Waals surface area (Å²) in [5.41, 5.74) is 1.53. The first-order valence-electron chi connectivity index (χ1n) is 7.05. The van der Waals surface area contributed by atoms with Gasteiger partial charge in [0.15, 0.2) is 0 Å². The molecule has 0 aromatic heterocycles. The van der Waals surface area contributed by atoms with Gasteiger partial charge in [-0.3, -0.25) is 0 Å². The fraction of sp³-hybridized carbons (Fsp3) is 0.562.